The zero-order chi connectivity index (χ0) is 20.7. The molecule has 30 heavy (non-hydrogen) atoms. The minimum absolute atomic E-state index is 0.0902. The van der Waals surface area contributed by atoms with Gasteiger partial charge in [-0.2, -0.15) is 4.98 Å². The molecule has 0 unspecified atom stereocenters. The molecule has 0 fully saturated rings. The third-order valence-corrected chi connectivity index (χ3v) is 5.49. The van der Waals surface area contributed by atoms with Gasteiger partial charge in [-0.3, -0.25) is 9.36 Å². The predicted octanol–water partition coefficient (Wildman–Crippen LogP) is 5.78. The molecule has 0 aliphatic rings. The van der Waals surface area contributed by atoms with E-state index in [0.29, 0.717) is 22.7 Å². The van der Waals surface area contributed by atoms with Gasteiger partial charge in [0.1, 0.15) is 0 Å². The van der Waals surface area contributed by atoms with E-state index in [1.165, 1.54) is 0 Å². The Kier molecular flexibility index (Phi) is 4.56. The Balaban J connectivity index is 1.72. The minimum Gasteiger partial charge on any atom is -0.334 e. The van der Waals surface area contributed by atoms with Crippen molar-refractivity contribution in [2.24, 2.45) is 0 Å². The topological polar surface area (TPSA) is 60.9 Å². The molecule has 0 N–H and O–H groups in total. The fraction of sp³-hybridized carbons (Fsp3) is 0.0417. The first-order valence-corrected chi connectivity index (χ1v) is 10.2. The lowest BCUT2D eigenvalue weighted by Crippen LogP contribution is -2.18. The summed E-state index contributed by atoms with van der Waals surface area (Å²) in [7, 11) is 0. The van der Waals surface area contributed by atoms with Gasteiger partial charge in [-0.05, 0) is 55.0 Å². The molecule has 0 bridgehead atoms. The Hall–Kier alpha value is -3.51. The SMILES string of the molecule is Cc1cccc(-n2cc(-c3nc(-c4ccc(Br)cc4)no3)c3ccccc3c2=O)c1. The number of aryl methyl sites for hydroxylation is 1. The quantitative estimate of drug-likeness (QED) is 0.344. The van der Waals surface area contributed by atoms with Crippen LogP contribution in [0.4, 0.5) is 0 Å². The monoisotopic (exact) mass is 457 g/mol. The van der Waals surface area contributed by atoms with E-state index in [9.17, 15) is 4.79 Å². The molecule has 0 radical (unpaired) electrons. The Morgan fingerprint density at radius 1 is 0.933 bits per heavy atom. The largest absolute Gasteiger partial charge is 0.334 e. The van der Waals surface area contributed by atoms with Gasteiger partial charge in [-0.1, -0.05) is 51.4 Å². The summed E-state index contributed by atoms with van der Waals surface area (Å²) in [5.74, 6) is 0.861. The van der Waals surface area contributed by atoms with E-state index >= 15 is 0 Å². The summed E-state index contributed by atoms with van der Waals surface area (Å²) >= 11 is 3.43. The molecule has 0 aliphatic carbocycles. The average Bonchev–Trinajstić information content (AvgIpc) is 3.25. The van der Waals surface area contributed by atoms with Crippen molar-refractivity contribution in [1.29, 1.82) is 0 Å². The minimum atomic E-state index is -0.0902. The third kappa shape index (κ3) is 3.25. The molecule has 0 aliphatic heterocycles. The van der Waals surface area contributed by atoms with Crippen LogP contribution in [0, 0.1) is 6.92 Å². The van der Waals surface area contributed by atoms with Crippen molar-refractivity contribution in [2.75, 3.05) is 0 Å². The van der Waals surface area contributed by atoms with Crippen LogP contribution in [0.5, 0.6) is 0 Å². The Morgan fingerprint density at radius 3 is 2.47 bits per heavy atom. The van der Waals surface area contributed by atoms with Crippen molar-refractivity contribution in [2.45, 2.75) is 6.92 Å². The van der Waals surface area contributed by atoms with Crippen molar-refractivity contribution in [3.63, 3.8) is 0 Å². The van der Waals surface area contributed by atoms with Crippen LogP contribution in [0.1, 0.15) is 5.56 Å². The molecule has 2 heterocycles. The van der Waals surface area contributed by atoms with Crippen LogP contribution in [0.15, 0.2) is 92.8 Å². The van der Waals surface area contributed by atoms with Gasteiger partial charge in [-0.15, -0.1) is 0 Å². The number of rotatable bonds is 3. The molecule has 5 nitrogen and oxygen atoms in total. The molecule has 0 amide bonds. The normalized spacial score (nSPS) is 11.1. The van der Waals surface area contributed by atoms with E-state index in [-0.39, 0.29) is 5.56 Å². The van der Waals surface area contributed by atoms with Gasteiger partial charge >= 0.3 is 0 Å². The summed E-state index contributed by atoms with van der Waals surface area (Å²) < 4.78 is 8.22. The molecular weight excluding hydrogens is 442 g/mol. The fourth-order valence-electron chi connectivity index (χ4n) is 3.48. The molecule has 0 saturated carbocycles. The average molecular weight is 458 g/mol. The van der Waals surface area contributed by atoms with Crippen LogP contribution >= 0.6 is 15.9 Å². The highest BCUT2D eigenvalue weighted by Gasteiger charge is 2.17. The zero-order valence-electron chi connectivity index (χ0n) is 16.0. The lowest BCUT2D eigenvalue weighted by atomic mass is 10.1. The highest BCUT2D eigenvalue weighted by atomic mass is 79.9. The van der Waals surface area contributed by atoms with Crippen molar-refractivity contribution in [3.05, 3.63) is 99.4 Å². The smallest absolute Gasteiger partial charge is 0.262 e. The van der Waals surface area contributed by atoms with Crippen molar-refractivity contribution >= 4 is 26.7 Å². The number of fused-ring (bicyclic) bond motifs is 1. The predicted molar refractivity (Wildman–Crippen MR) is 121 cm³/mol. The number of pyridine rings is 1. The van der Waals surface area contributed by atoms with E-state index in [2.05, 4.69) is 26.1 Å². The van der Waals surface area contributed by atoms with Crippen molar-refractivity contribution in [1.82, 2.24) is 14.7 Å². The number of aromatic nitrogens is 3. The second kappa shape index (κ2) is 7.39. The van der Waals surface area contributed by atoms with Gasteiger partial charge in [0.2, 0.25) is 5.82 Å². The highest BCUT2D eigenvalue weighted by Crippen LogP contribution is 2.29. The number of halogens is 1. The molecule has 2 aromatic heterocycles. The standard InChI is InChI=1S/C24H16BrN3O2/c1-15-5-4-6-18(13-15)28-14-21(19-7-2-3-8-20(19)24(28)29)23-26-22(27-30-23)16-9-11-17(25)12-10-16/h2-14H,1H3. The van der Waals surface area contributed by atoms with Crippen LogP contribution in [-0.4, -0.2) is 14.7 Å². The summed E-state index contributed by atoms with van der Waals surface area (Å²) in [6.45, 7) is 2.00. The molecular formula is C24H16BrN3O2. The fourth-order valence-corrected chi connectivity index (χ4v) is 3.74. The van der Waals surface area contributed by atoms with Crippen LogP contribution in [-0.2, 0) is 0 Å². The maximum atomic E-state index is 13.2. The summed E-state index contributed by atoms with van der Waals surface area (Å²) in [5.41, 5.74) is 3.34. The Labute approximate surface area is 180 Å². The summed E-state index contributed by atoms with van der Waals surface area (Å²) in [6, 6.07) is 23.0. The van der Waals surface area contributed by atoms with Gasteiger partial charge in [0.25, 0.3) is 11.4 Å². The highest BCUT2D eigenvalue weighted by molar-refractivity contribution is 9.10. The van der Waals surface area contributed by atoms with Crippen LogP contribution in [0.25, 0.3) is 39.3 Å². The van der Waals surface area contributed by atoms with Gasteiger partial charge < -0.3 is 4.52 Å². The number of hydrogen-bond donors (Lipinski definition) is 0. The maximum absolute atomic E-state index is 13.2. The van der Waals surface area contributed by atoms with Crippen molar-refractivity contribution in [3.8, 4) is 28.5 Å². The Morgan fingerprint density at radius 2 is 1.70 bits per heavy atom. The zero-order valence-corrected chi connectivity index (χ0v) is 17.6. The first-order chi connectivity index (χ1) is 14.6. The molecule has 5 rings (SSSR count). The molecule has 5 aromatic rings. The van der Waals surface area contributed by atoms with E-state index in [1.54, 1.807) is 10.8 Å². The maximum Gasteiger partial charge on any atom is 0.262 e. The van der Waals surface area contributed by atoms with Crippen LogP contribution in [0.3, 0.4) is 0 Å². The van der Waals surface area contributed by atoms with Gasteiger partial charge in [0, 0.05) is 32.7 Å². The van der Waals surface area contributed by atoms with E-state index in [4.69, 9.17) is 4.52 Å². The Bertz CT molecular complexity index is 1440. The van der Waals surface area contributed by atoms with Crippen LogP contribution in [0.2, 0.25) is 0 Å². The third-order valence-electron chi connectivity index (χ3n) is 4.96. The molecule has 3 aromatic carbocycles. The van der Waals surface area contributed by atoms with E-state index in [0.717, 1.165) is 26.7 Å². The van der Waals surface area contributed by atoms with Gasteiger partial charge in [0.15, 0.2) is 0 Å². The summed E-state index contributed by atoms with van der Waals surface area (Å²) in [6.07, 6.45) is 1.78. The van der Waals surface area contributed by atoms with E-state index in [1.807, 2.05) is 79.7 Å². The van der Waals surface area contributed by atoms with Gasteiger partial charge in [0.05, 0.1) is 5.56 Å². The number of nitrogens with zero attached hydrogens (tertiary/aromatic N) is 3. The molecule has 6 heteroatoms. The second-order valence-electron chi connectivity index (χ2n) is 7.03. The second-order valence-corrected chi connectivity index (χ2v) is 7.95. The van der Waals surface area contributed by atoms with Crippen LogP contribution < -0.4 is 5.56 Å². The number of hydrogen-bond acceptors (Lipinski definition) is 4. The van der Waals surface area contributed by atoms with Crippen molar-refractivity contribution < 1.29 is 4.52 Å². The lowest BCUT2D eigenvalue weighted by Gasteiger charge is -2.11. The molecule has 146 valence electrons. The molecule has 0 spiro atoms. The lowest BCUT2D eigenvalue weighted by molar-refractivity contribution is 0.432. The first kappa shape index (κ1) is 18.5. The molecule has 0 saturated heterocycles. The molecule has 0 atom stereocenters. The van der Waals surface area contributed by atoms with E-state index < -0.39 is 0 Å². The number of benzene rings is 3. The summed E-state index contributed by atoms with van der Waals surface area (Å²) in [5, 5.41) is 5.52. The van der Waals surface area contributed by atoms with Gasteiger partial charge in [-0.25, -0.2) is 0 Å². The first-order valence-electron chi connectivity index (χ1n) is 9.41. The summed E-state index contributed by atoms with van der Waals surface area (Å²) in [4.78, 5) is 17.8.